The molecule has 0 spiro atoms. The van der Waals surface area contributed by atoms with Gasteiger partial charge < -0.3 is 10.6 Å². The lowest BCUT2D eigenvalue weighted by Crippen LogP contribution is -2.39. The van der Waals surface area contributed by atoms with E-state index < -0.39 is 0 Å². The highest BCUT2D eigenvalue weighted by molar-refractivity contribution is 5.74. The Morgan fingerprint density at radius 3 is 2.92 bits per heavy atom. The zero-order chi connectivity index (χ0) is 17.2. The van der Waals surface area contributed by atoms with Crippen molar-refractivity contribution in [2.75, 3.05) is 0 Å². The van der Waals surface area contributed by atoms with Crippen molar-refractivity contribution in [3.8, 4) is 0 Å². The summed E-state index contributed by atoms with van der Waals surface area (Å²) in [4.78, 5) is 16.5. The Kier molecular flexibility index (Phi) is 4.55. The van der Waals surface area contributed by atoms with Gasteiger partial charge in [0.25, 0.3) is 0 Å². The summed E-state index contributed by atoms with van der Waals surface area (Å²) in [6.07, 6.45) is 4.74. The monoisotopic (exact) mass is 327 g/mol. The fourth-order valence-corrected chi connectivity index (χ4v) is 3.30. The first-order chi connectivity index (χ1) is 11.4. The third kappa shape index (κ3) is 3.93. The molecule has 2 N–H and O–H groups in total. The average molecular weight is 327 g/mol. The van der Waals surface area contributed by atoms with Crippen molar-refractivity contribution in [1.82, 2.24) is 25.4 Å². The lowest BCUT2D eigenvalue weighted by Gasteiger charge is -2.27. The molecule has 0 saturated heterocycles. The van der Waals surface area contributed by atoms with E-state index in [2.05, 4.69) is 52.8 Å². The van der Waals surface area contributed by atoms with E-state index in [0.29, 0.717) is 12.4 Å². The van der Waals surface area contributed by atoms with Gasteiger partial charge in [-0.2, -0.15) is 5.10 Å². The summed E-state index contributed by atoms with van der Waals surface area (Å²) in [5.74, 6) is 0.606. The van der Waals surface area contributed by atoms with Crippen molar-refractivity contribution in [2.24, 2.45) is 12.5 Å². The van der Waals surface area contributed by atoms with Crippen molar-refractivity contribution in [3.05, 3.63) is 47.5 Å². The Balaban J connectivity index is 1.68. The highest BCUT2D eigenvalue weighted by atomic mass is 16.2. The van der Waals surface area contributed by atoms with Crippen LogP contribution in [0.25, 0.3) is 0 Å². The number of rotatable bonds is 3. The minimum atomic E-state index is -0.181. The molecule has 1 aromatic carbocycles. The molecule has 1 atom stereocenters. The number of hydrogen-bond donors (Lipinski definition) is 2. The van der Waals surface area contributed by atoms with Crippen LogP contribution in [0.3, 0.4) is 0 Å². The topological polar surface area (TPSA) is 71.8 Å². The van der Waals surface area contributed by atoms with Gasteiger partial charge in [-0.05, 0) is 35.8 Å². The predicted molar refractivity (Wildman–Crippen MR) is 92.3 cm³/mol. The first kappa shape index (κ1) is 16.5. The predicted octanol–water partition coefficient (Wildman–Crippen LogP) is 2.72. The van der Waals surface area contributed by atoms with Crippen LogP contribution in [0.2, 0.25) is 0 Å². The van der Waals surface area contributed by atoms with E-state index in [-0.39, 0.29) is 17.5 Å². The second-order valence-corrected chi connectivity index (χ2v) is 7.28. The van der Waals surface area contributed by atoms with E-state index in [1.807, 2.05) is 6.07 Å². The Bertz CT molecular complexity index is 722. The van der Waals surface area contributed by atoms with Crippen LogP contribution in [0, 0.1) is 5.41 Å². The molecular formula is C18H25N5O. The van der Waals surface area contributed by atoms with Crippen molar-refractivity contribution in [1.29, 1.82) is 0 Å². The van der Waals surface area contributed by atoms with Crippen LogP contribution in [-0.2, 0) is 20.0 Å². The van der Waals surface area contributed by atoms with Gasteiger partial charge >= 0.3 is 6.03 Å². The van der Waals surface area contributed by atoms with E-state index in [4.69, 9.17) is 0 Å². The molecule has 1 aliphatic carbocycles. The number of carbonyl (C=O) groups excluding carboxylic acids is 1. The van der Waals surface area contributed by atoms with Crippen molar-refractivity contribution < 1.29 is 4.79 Å². The molecule has 6 heteroatoms. The van der Waals surface area contributed by atoms with Gasteiger partial charge in [0.2, 0.25) is 0 Å². The van der Waals surface area contributed by atoms with Crippen molar-refractivity contribution >= 4 is 6.03 Å². The molecule has 1 aromatic heterocycles. The van der Waals surface area contributed by atoms with Crippen LogP contribution in [0.4, 0.5) is 4.79 Å². The summed E-state index contributed by atoms with van der Waals surface area (Å²) in [5.41, 5.74) is 2.76. The van der Waals surface area contributed by atoms with E-state index in [1.165, 1.54) is 11.1 Å². The van der Waals surface area contributed by atoms with E-state index >= 15 is 0 Å². The molecule has 128 valence electrons. The van der Waals surface area contributed by atoms with Crippen molar-refractivity contribution in [3.63, 3.8) is 0 Å². The molecule has 0 unspecified atom stereocenters. The molecule has 6 nitrogen and oxygen atoms in total. The summed E-state index contributed by atoms with van der Waals surface area (Å²) in [6, 6.07) is 8.25. The number of benzene rings is 1. The summed E-state index contributed by atoms with van der Waals surface area (Å²) in [7, 11) is 1.81. The minimum Gasteiger partial charge on any atom is -0.331 e. The smallest absolute Gasteiger partial charge is 0.315 e. The maximum absolute atomic E-state index is 12.3. The highest BCUT2D eigenvalue weighted by Crippen LogP contribution is 2.39. The van der Waals surface area contributed by atoms with Gasteiger partial charge in [0.05, 0.1) is 12.6 Å². The van der Waals surface area contributed by atoms with Crippen molar-refractivity contribution in [2.45, 2.75) is 45.7 Å². The molecule has 0 saturated carbocycles. The number of amides is 2. The number of nitrogens with one attached hydrogen (secondary N) is 2. The third-order valence-corrected chi connectivity index (χ3v) is 4.62. The van der Waals surface area contributed by atoms with Gasteiger partial charge in [0, 0.05) is 7.05 Å². The Morgan fingerprint density at radius 2 is 2.17 bits per heavy atom. The van der Waals surface area contributed by atoms with Crippen LogP contribution >= 0.6 is 0 Å². The van der Waals surface area contributed by atoms with E-state index in [1.54, 1.807) is 18.1 Å². The van der Waals surface area contributed by atoms with Gasteiger partial charge in [-0.25, -0.2) is 9.78 Å². The lowest BCUT2D eigenvalue weighted by atomic mass is 9.83. The van der Waals surface area contributed by atoms with Gasteiger partial charge in [0.15, 0.2) is 5.82 Å². The Hall–Kier alpha value is -2.37. The molecule has 0 radical (unpaired) electrons. The molecule has 2 amide bonds. The van der Waals surface area contributed by atoms with Crippen LogP contribution in [0.1, 0.15) is 49.7 Å². The number of fused-ring (bicyclic) bond motifs is 1. The van der Waals surface area contributed by atoms with Gasteiger partial charge in [-0.1, -0.05) is 38.1 Å². The quantitative estimate of drug-likeness (QED) is 0.852. The number of urea groups is 1. The number of carbonyl (C=O) groups is 1. The number of aryl methyl sites for hydroxylation is 2. The highest BCUT2D eigenvalue weighted by Gasteiger charge is 2.30. The molecule has 3 rings (SSSR count). The Labute approximate surface area is 142 Å². The van der Waals surface area contributed by atoms with Crippen LogP contribution in [-0.4, -0.2) is 20.8 Å². The summed E-state index contributed by atoms with van der Waals surface area (Å²) in [5, 5.41) is 10.2. The zero-order valence-corrected chi connectivity index (χ0v) is 14.5. The van der Waals surface area contributed by atoms with E-state index in [9.17, 15) is 4.79 Å². The minimum absolute atomic E-state index is 0.0235. The van der Waals surface area contributed by atoms with Gasteiger partial charge in [0.1, 0.15) is 6.33 Å². The SMILES string of the molecule is Cn1cnc(CNC(=O)N[C@H]2CC(C)(C)CCc3ccccc32)n1. The maximum Gasteiger partial charge on any atom is 0.315 e. The van der Waals surface area contributed by atoms with Crippen LogP contribution in [0.5, 0.6) is 0 Å². The summed E-state index contributed by atoms with van der Waals surface area (Å²) >= 11 is 0. The van der Waals surface area contributed by atoms with Gasteiger partial charge in [-0.3, -0.25) is 4.68 Å². The van der Waals surface area contributed by atoms with Gasteiger partial charge in [-0.15, -0.1) is 0 Å². The molecular weight excluding hydrogens is 302 g/mol. The standard InChI is InChI=1S/C18H25N5O/c1-18(2)9-8-13-6-4-5-7-14(13)15(10-18)21-17(24)19-11-16-20-12-23(3)22-16/h4-7,12,15H,8-11H2,1-3H3,(H2,19,21,24)/t15-/m0/s1. The normalized spacial score (nSPS) is 19.2. The summed E-state index contributed by atoms with van der Waals surface area (Å²) in [6.45, 7) is 4.86. The Morgan fingerprint density at radius 1 is 1.38 bits per heavy atom. The number of aromatic nitrogens is 3. The first-order valence-corrected chi connectivity index (χ1v) is 8.40. The second-order valence-electron chi connectivity index (χ2n) is 7.28. The van der Waals surface area contributed by atoms with E-state index in [0.717, 1.165) is 19.3 Å². The largest absolute Gasteiger partial charge is 0.331 e. The second kappa shape index (κ2) is 6.63. The summed E-state index contributed by atoms with van der Waals surface area (Å²) < 4.78 is 1.62. The molecule has 1 aliphatic rings. The molecule has 0 bridgehead atoms. The number of hydrogen-bond acceptors (Lipinski definition) is 3. The maximum atomic E-state index is 12.3. The molecule has 24 heavy (non-hydrogen) atoms. The zero-order valence-electron chi connectivity index (χ0n) is 14.5. The lowest BCUT2D eigenvalue weighted by molar-refractivity contribution is 0.226. The molecule has 0 fully saturated rings. The number of nitrogens with zero attached hydrogens (tertiary/aromatic N) is 3. The molecule has 0 aliphatic heterocycles. The fourth-order valence-electron chi connectivity index (χ4n) is 3.30. The first-order valence-electron chi connectivity index (χ1n) is 8.40. The average Bonchev–Trinajstić information content (AvgIpc) is 2.90. The molecule has 2 aromatic rings. The third-order valence-electron chi connectivity index (χ3n) is 4.62. The molecule has 1 heterocycles. The fraction of sp³-hybridized carbons (Fsp3) is 0.500. The van der Waals surface area contributed by atoms with Crippen LogP contribution < -0.4 is 10.6 Å². The van der Waals surface area contributed by atoms with Crippen LogP contribution in [0.15, 0.2) is 30.6 Å².